The van der Waals surface area contributed by atoms with E-state index in [4.69, 9.17) is 15.2 Å². The molecule has 0 aromatic carbocycles. The van der Waals surface area contributed by atoms with E-state index in [-0.39, 0.29) is 31.1 Å². The van der Waals surface area contributed by atoms with Gasteiger partial charge in [0.2, 0.25) is 0 Å². The molecule has 0 spiro atoms. The fraction of sp³-hybridized carbons (Fsp3) is 0.833. The summed E-state index contributed by atoms with van der Waals surface area (Å²) >= 11 is 0. The van der Waals surface area contributed by atoms with Crippen molar-refractivity contribution in [2.45, 2.75) is 25.4 Å². The predicted molar refractivity (Wildman–Crippen MR) is 52.7 cm³/mol. The molecule has 0 bridgehead atoms. The highest BCUT2D eigenvalue weighted by Gasteiger charge is 2.23. The Bertz CT molecular complexity index is 205. The number of ether oxygens (including phenoxy) is 1. The lowest BCUT2D eigenvalue weighted by atomic mass is 10.2. The van der Waals surface area contributed by atoms with E-state index in [1.165, 1.54) is 14.0 Å². The molecular weight excluding hydrogens is 216 g/mol. The van der Waals surface area contributed by atoms with Crippen molar-refractivity contribution in [3.05, 3.63) is 0 Å². The van der Waals surface area contributed by atoms with Crippen molar-refractivity contribution < 1.29 is 19.1 Å². The summed E-state index contributed by atoms with van der Waals surface area (Å²) < 4.78 is 15.2. The van der Waals surface area contributed by atoms with E-state index < -0.39 is 13.3 Å². The van der Waals surface area contributed by atoms with Crippen LogP contribution in [0.25, 0.3) is 0 Å². The third kappa shape index (κ3) is 7.02. The molecule has 1 unspecified atom stereocenters. The monoisotopic (exact) mass is 231 g/mol. The molecule has 0 aromatic rings. The first-order valence-electron chi connectivity index (χ1n) is 3.54. The largest absolute Gasteiger partial charge is 0.484 e. The van der Waals surface area contributed by atoms with Gasteiger partial charge in [-0.15, -0.1) is 12.4 Å². The second-order valence-corrected chi connectivity index (χ2v) is 4.66. The smallest absolute Gasteiger partial charge is 0.328 e. The molecule has 1 atom stereocenters. The first-order valence-corrected chi connectivity index (χ1v) is 5.22. The minimum Gasteiger partial charge on any atom is -0.484 e. The van der Waals surface area contributed by atoms with E-state index in [0.717, 1.165) is 0 Å². The van der Waals surface area contributed by atoms with Gasteiger partial charge < -0.3 is 14.5 Å². The highest BCUT2D eigenvalue weighted by molar-refractivity contribution is 7.52. The lowest BCUT2D eigenvalue weighted by molar-refractivity contribution is 0.354. The zero-order valence-corrected chi connectivity index (χ0v) is 9.27. The van der Waals surface area contributed by atoms with Gasteiger partial charge in [-0.2, -0.15) is 0 Å². The van der Waals surface area contributed by atoms with E-state index >= 15 is 0 Å². The third-order valence-electron chi connectivity index (χ3n) is 1.61. The summed E-state index contributed by atoms with van der Waals surface area (Å²) in [4.78, 5) is 17.3. The van der Waals surface area contributed by atoms with Gasteiger partial charge in [0, 0.05) is 6.42 Å². The maximum Gasteiger partial charge on any atom is 0.328 e. The highest BCUT2D eigenvalue weighted by atomic mass is 35.5. The third-order valence-corrected chi connectivity index (χ3v) is 3.02. The second kappa shape index (κ2) is 6.38. The Kier molecular flexibility index (Phi) is 7.55. The Hall–Kier alpha value is -0.0900. The van der Waals surface area contributed by atoms with Crippen molar-refractivity contribution >= 4 is 25.9 Å². The fourth-order valence-corrected chi connectivity index (χ4v) is 1.08. The first-order chi connectivity index (χ1) is 5.38. The average Bonchev–Trinajstić information content (AvgIpc) is 1.97. The molecule has 13 heavy (non-hydrogen) atoms. The molecule has 5 nitrogen and oxygen atoms in total. The number of nitrogens with one attached hydrogen (secondary N) is 1. The van der Waals surface area contributed by atoms with Gasteiger partial charge in [0.05, 0.1) is 12.8 Å². The zero-order valence-electron chi connectivity index (χ0n) is 7.56. The van der Waals surface area contributed by atoms with Crippen LogP contribution >= 0.6 is 20.0 Å². The normalized spacial score (nSPS) is 12.9. The van der Waals surface area contributed by atoms with Gasteiger partial charge >= 0.3 is 7.60 Å². The van der Waals surface area contributed by atoms with Crippen LogP contribution in [0.3, 0.4) is 0 Å². The lowest BCUT2D eigenvalue weighted by Crippen LogP contribution is -2.07. The number of hydrogen-bond donors (Lipinski definition) is 3. The van der Waals surface area contributed by atoms with Crippen molar-refractivity contribution in [3.63, 3.8) is 0 Å². The molecule has 0 heterocycles. The Morgan fingerprint density at radius 1 is 1.62 bits per heavy atom. The van der Waals surface area contributed by atoms with E-state index in [1.807, 2.05) is 0 Å². The van der Waals surface area contributed by atoms with Gasteiger partial charge in [0.15, 0.2) is 5.90 Å². The van der Waals surface area contributed by atoms with Gasteiger partial charge in [0.1, 0.15) is 0 Å². The van der Waals surface area contributed by atoms with E-state index in [1.54, 1.807) is 0 Å². The predicted octanol–water partition coefficient (Wildman–Crippen LogP) is 1.38. The van der Waals surface area contributed by atoms with Gasteiger partial charge in [-0.3, -0.25) is 9.97 Å². The summed E-state index contributed by atoms with van der Waals surface area (Å²) in [6.07, 6.45) is 0.541. The quantitative estimate of drug-likeness (QED) is 0.387. The van der Waals surface area contributed by atoms with E-state index in [0.29, 0.717) is 0 Å². The Balaban J connectivity index is 0. The van der Waals surface area contributed by atoms with Crippen LogP contribution in [-0.4, -0.2) is 28.5 Å². The van der Waals surface area contributed by atoms with Crippen LogP contribution in [0.2, 0.25) is 0 Å². The van der Waals surface area contributed by atoms with Crippen LogP contribution in [0.4, 0.5) is 0 Å². The standard InChI is InChI=1S/C6H14NO4P.ClH/c1-5(12(8,9)10)3-4-6(7)11-2;/h5,7H,3-4H2,1-2H3,(H2,8,9,10);1H. The second-order valence-electron chi connectivity index (χ2n) is 2.60. The minimum absolute atomic E-state index is 0. The summed E-state index contributed by atoms with van der Waals surface area (Å²) in [5.41, 5.74) is -0.701. The van der Waals surface area contributed by atoms with Gasteiger partial charge in [-0.05, 0) is 6.42 Å². The fourth-order valence-electron chi connectivity index (χ4n) is 0.610. The summed E-state index contributed by atoms with van der Waals surface area (Å²) in [5, 5.41) is 7.06. The molecular formula is C6H15ClNO4P. The number of halogens is 1. The minimum atomic E-state index is -3.98. The maximum atomic E-state index is 10.6. The molecule has 0 amide bonds. The number of rotatable bonds is 4. The van der Waals surface area contributed by atoms with Crippen LogP contribution in [-0.2, 0) is 9.30 Å². The van der Waals surface area contributed by atoms with Gasteiger partial charge in [-0.25, -0.2) is 0 Å². The molecule has 0 aromatic heterocycles. The molecule has 0 rings (SSSR count). The first kappa shape index (κ1) is 15.4. The molecule has 0 saturated heterocycles. The van der Waals surface area contributed by atoms with Crippen LogP contribution in [0.15, 0.2) is 0 Å². The van der Waals surface area contributed by atoms with E-state index in [2.05, 4.69) is 4.74 Å². The van der Waals surface area contributed by atoms with Crippen LogP contribution < -0.4 is 0 Å². The molecule has 0 aliphatic carbocycles. The Labute approximate surface area is 83.6 Å². The zero-order chi connectivity index (χ0) is 9.78. The summed E-state index contributed by atoms with van der Waals surface area (Å²) in [6.45, 7) is 1.46. The molecule has 3 N–H and O–H groups in total. The summed E-state index contributed by atoms with van der Waals surface area (Å²) in [7, 11) is -2.61. The number of hydrogen-bond acceptors (Lipinski definition) is 3. The van der Waals surface area contributed by atoms with Crippen LogP contribution in [0.1, 0.15) is 19.8 Å². The van der Waals surface area contributed by atoms with Crippen LogP contribution in [0.5, 0.6) is 0 Å². The molecule has 0 aliphatic heterocycles. The van der Waals surface area contributed by atoms with Crippen LogP contribution in [0, 0.1) is 5.41 Å². The lowest BCUT2D eigenvalue weighted by Gasteiger charge is -2.12. The van der Waals surface area contributed by atoms with Crippen molar-refractivity contribution in [1.29, 1.82) is 5.41 Å². The Morgan fingerprint density at radius 3 is 2.38 bits per heavy atom. The molecule has 80 valence electrons. The molecule has 0 saturated carbocycles. The van der Waals surface area contributed by atoms with Crippen molar-refractivity contribution in [1.82, 2.24) is 0 Å². The van der Waals surface area contributed by atoms with E-state index in [9.17, 15) is 4.57 Å². The molecule has 0 radical (unpaired) electrons. The summed E-state index contributed by atoms with van der Waals surface area (Å²) in [5.74, 6) is 0.0512. The van der Waals surface area contributed by atoms with Crippen molar-refractivity contribution in [3.8, 4) is 0 Å². The Morgan fingerprint density at radius 2 is 2.08 bits per heavy atom. The SMILES string of the molecule is COC(=N)CCC(C)P(=O)(O)O.Cl. The number of methoxy groups -OCH3 is 1. The molecule has 0 fully saturated rings. The van der Waals surface area contributed by atoms with Crippen molar-refractivity contribution in [2.24, 2.45) is 0 Å². The van der Waals surface area contributed by atoms with Gasteiger partial charge in [0.25, 0.3) is 0 Å². The molecule has 0 aliphatic rings. The highest BCUT2D eigenvalue weighted by Crippen LogP contribution is 2.42. The maximum absolute atomic E-state index is 10.6. The topological polar surface area (TPSA) is 90.6 Å². The summed E-state index contributed by atoms with van der Waals surface area (Å²) in [6, 6.07) is 0. The van der Waals surface area contributed by atoms with Crippen molar-refractivity contribution in [2.75, 3.05) is 7.11 Å². The molecule has 7 heteroatoms. The average molecular weight is 232 g/mol. The van der Waals surface area contributed by atoms with Gasteiger partial charge in [-0.1, -0.05) is 6.92 Å².